The van der Waals surface area contributed by atoms with Gasteiger partial charge >= 0.3 is 0 Å². The second kappa shape index (κ2) is 8.48. The van der Waals surface area contributed by atoms with Crippen molar-refractivity contribution in [2.24, 2.45) is 5.92 Å². The van der Waals surface area contributed by atoms with Crippen molar-refractivity contribution in [3.05, 3.63) is 47.7 Å². The Morgan fingerprint density at radius 1 is 1.21 bits per heavy atom. The van der Waals surface area contributed by atoms with E-state index in [9.17, 15) is 9.59 Å². The van der Waals surface area contributed by atoms with E-state index in [0.29, 0.717) is 17.2 Å². The normalized spacial score (nSPS) is 18.1. The maximum Gasteiger partial charge on any atom is 0.228 e. The summed E-state index contributed by atoms with van der Waals surface area (Å²) < 4.78 is 22.6. The van der Waals surface area contributed by atoms with Crippen molar-refractivity contribution in [1.29, 1.82) is 0 Å². The molecule has 0 saturated heterocycles. The summed E-state index contributed by atoms with van der Waals surface area (Å²) in [5.74, 6) is -0.0141. The molecule has 1 atom stereocenters. The molecule has 0 spiro atoms. The molecule has 4 heterocycles. The standard InChI is InChI=1S/C25H27N7O2/c1-5-19(33)17-12-28-20(31-25(34)15-6-7-15)11-18(17)30-24-23-16(10-13(2)29-24)22-21(14(3)32(23)4)26-8-9-27-22/h8-12,14-15H,5-7H2,1-4H3,(H2,28,29,30,31,34)/t14-/m1/s1/i1D3. The number of Topliss-reactive ketones (excluding diaryl/α,β-unsaturated/α-hetero) is 1. The lowest BCUT2D eigenvalue weighted by molar-refractivity contribution is -0.117. The number of aromatic nitrogens is 4. The highest BCUT2D eigenvalue weighted by Crippen LogP contribution is 2.46. The van der Waals surface area contributed by atoms with Crippen LogP contribution < -0.4 is 15.5 Å². The van der Waals surface area contributed by atoms with Crippen molar-refractivity contribution in [2.75, 3.05) is 22.6 Å². The highest BCUT2D eigenvalue weighted by molar-refractivity contribution is 6.03. The van der Waals surface area contributed by atoms with Gasteiger partial charge in [0.25, 0.3) is 0 Å². The quantitative estimate of drug-likeness (QED) is 0.519. The fourth-order valence-electron chi connectivity index (χ4n) is 4.18. The Bertz CT molecular complexity index is 1410. The van der Waals surface area contributed by atoms with Crippen LogP contribution in [0.4, 0.5) is 23.0 Å². The Balaban J connectivity index is 1.60. The van der Waals surface area contributed by atoms with E-state index in [1.807, 2.05) is 31.9 Å². The van der Waals surface area contributed by atoms with Crippen LogP contribution in [0, 0.1) is 12.8 Å². The number of ketones is 1. The molecule has 34 heavy (non-hydrogen) atoms. The highest BCUT2D eigenvalue weighted by Gasteiger charge is 2.32. The largest absolute Gasteiger partial charge is 0.363 e. The van der Waals surface area contributed by atoms with Gasteiger partial charge in [0.15, 0.2) is 11.6 Å². The number of carbonyl (C=O) groups excluding carboxylic acids is 2. The van der Waals surface area contributed by atoms with E-state index >= 15 is 0 Å². The van der Waals surface area contributed by atoms with Gasteiger partial charge in [0, 0.05) is 59.4 Å². The molecule has 2 N–H and O–H groups in total. The summed E-state index contributed by atoms with van der Waals surface area (Å²) >= 11 is 0. The number of anilines is 4. The summed E-state index contributed by atoms with van der Waals surface area (Å²) in [6.07, 6.45) is 5.64. The van der Waals surface area contributed by atoms with Gasteiger partial charge in [0.1, 0.15) is 5.82 Å². The van der Waals surface area contributed by atoms with E-state index in [1.165, 1.54) is 6.20 Å². The number of nitrogens with one attached hydrogen (secondary N) is 2. The fourth-order valence-corrected chi connectivity index (χ4v) is 4.18. The van der Waals surface area contributed by atoms with Gasteiger partial charge in [0.2, 0.25) is 5.91 Å². The van der Waals surface area contributed by atoms with Crippen molar-refractivity contribution in [3.8, 4) is 11.3 Å². The number of amides is 1. The Hall–Kier alpha value is -3.88. The maximum absolute atomic E-state index is 13.0. The Labute approximate surface area is 202 Å². The zero-order chi connectivity index (χ0) is 26.5. The second-order valence-corrected chi connectivity index (χ2v) is 8.69. The van der Waals surface area contributed by atoms with Gasteiger partial charge in [-0.1, -0.05) is 6.85 Å². The lowest BCUT2D eigenvalue weighted by atomic mass is 9.97. The molecule has 5 rings (SSSR count). The summed E-state index contributed by atoms with van der Waals surface area (Å²) in [7, 11) is 1.93. The Kier molecular flexibility index (Phi) is 4.62. The van der Waals surface area contributed by atoms with Crippen molar-refractivity contribution in [2.45, 2.75) is 46.0 Å². The SMILES string of the molecule is [2H]C([2H])([2H])CC(=O)c1cnc(NC(=O)C2CC2)cc1Nc1nc(C)cc2c1N(C)[C@H](C)c1nccnc1-2. The van der Waals surface area contributed by atoms with Crippen molar-refractivity contribution in [3.63, 3.8) is 0 Å². The van der Waals surface area contributed by atoms with E-state index in [1.54, 1.807) is 18.5 Å². The number of hydrogen-bond acceptors (Lipinski definition) is 8. The predicted molar refractivity (Wildman–Crippen MR) is 130 cm³/mol. The van der Waals surface area contributed by atoms with Gasteiger partial charge in [-0.3, -0.25) is 19.6 Å². The number of nitrogens with zero attached hydrogens (tertiary/aromatic N) is 5. The summed E-state index contributed by atoms with van der Waals surface area (Å²) in [5, 5.41) is 6.04. The highest BCUT2D eigenvalue weighted by atomic mass is 16.2. The van der Waals surface area contributed by atoms with Crippen LogP contribution in [-0.2, 0) is 4.79 Å². The third kappa shape index (κ3) is 3.87. The van der Waals surface area contributed by atoms with E-state index in [4.69, 9.17) is 9.10 Å². The fraction of sp³-hybridized carbons (Fsp3) is 0.360. The van der Waals surface area contributed by atoms with Gasteiger partial charge in [0.05, 0.1) is 34.4 Å². The summed E-state index contributed by atoms with van der Waals surface area (Å²) in [5.41, 5.74) is 4.32. The van der Waals surface area contributed by atoms with Crippen LogP contribution in [0.1, 0.15) is 64.9 Å². The van der Waals surface area contributed by atoms with Crippen molar-refractivity contribution in [1.82, 2.24) is 19.9 Å². The minimum atomic E-state index is -2.44. The molecule has 1 aliphatic heterocycles. The van der Waals surface area contributed by atoms with Crippen LogP contribution in [0.3, 0.4) is 0 Å². The molecule has 2 aliphatic rings. The van der Waals surface area contributed by atoms with E-state index in [2.05, 4.69) is 25.6 Å². The maximum atomic E-state index is 13.0. The molecule has 0 unspecified atom stereocenters. The summed E-state index contributed by atoms with van der Waals surface area (Å²) in [6, 6.07) is 3.39. The van der Waals surface area contributed by atoms with Gasteiger partial charge in [-0.25, -0.2) is 9.97 Å². The smallest absolute Gasteiger partial charge is 0.228 e. The summed E-state index contributed by atoms with van der Waals surface area (Å²) in [4.78, 5) is 45.4. The number of hydrogen-bond donors (Lipinski definition) is 2. The van der Waals surface area contributed by atoms with E-state index in [-0.39, 0.29) is 29.2 Å². The Morgan fingerprint density at radius 2 is 2.00 bits per heavy atom. The average Bonchev–Trinajstić information content (AvgIpc) is 3.67. The van der Waals surface area contributed by atoms with Crippen LogP contribution in [0.2, 0.25) is 0 Å². The molecule has 174 valence electrons. The van der Waals surface area contributed by atoms with Crippen LogP contribution in [0.5, 0.6) is 0 Å². The topological polar surface area (TPSA) is 113 Å². The van der Waals surface area contributed by atoms with Crippen molar-refractivity contribution >= 4 is 34.7 Å². The third-order valence-corrected chi connectivity index (χ3v) is 6.25. The number of aryl methyl sites for hydroxylation is 1. The lowest BCUT2D eigenvalue weighted by Crippen LogP contribution is -2.29. The zero-order valence-electron chi connectivity index (χ0n) is 22.2. The molecule has 9 heteroatoms. The van der Waals surface area contributed by atoms with E-state index < -0.39 is 19.1 Å². The number of carbonyl (C=O) groups is 2. The number of fused-ring (bicyclic) bond motifs is 3. The number of pyridine rings is 2. The zero-order valence-corrected chi connectivity index (χ0v) is 19.2. The van der Waals surface area contributed by atoms with Crippen LogP contribution in [-0.4, -0.2) is 38.7 Å². The molecular formula is C25H27N7O2. The molecule has 3 aromatic heterocycles. The first-order valence-corrected chi connectivity index (χ1v) is 11.2. The van der Waals surface area contributed by atoms with Gasteiger partial charge in [-0.15, -0.1) is 0 Å². The molecule has 3 aromatic rings. The molecule has 0 radical (unpaired) electrons. The van der Waals surface area contributed by atoms with Crippen LogP contribution in [0.25, 0.3) is 11.3 Å². The van der Waals surface area contributed by atoms with E-state index in [0.717, 1.165) is 35.5 Å². The monoisotopic (exact) mass is 460 g/mol. The van der Waals surface area contributed by atoms with Gasteiger partial charge in [-0.2, -0.15) is 0 Å². The lowest BCUT2D eigenvalue weighted by Gasteiger charge is -2.35. The average molecular weight is 461 g/mol. The van der Waals surface area contributed by atoms with Crippen LogP contribution in [0.15, 0.2) is 30.7 Å². The van der Waals surface area contributed by atoms with Gasteiger partial charge in [-0.05, 0) is 32.8 Å². The first-order chi connectivity index (χ1) is 17.5. The third-order valence-electron chi connectivity index (χ3n) is 6.25. The Morgan fingerprint density at radius 3 is 2.76 bits per heavy atom. The molecule has 9 nitrogen and oxygen atoms in total. The number of rotatable bonds is 6. The molecule has 1 fully saturated rings. The van der Waals surface area contributed by atoms with Gasteiger partial charge < -0.3 is 15.5 Å². The molecule has 1 saturated carbocycles. The molecular weight excluding hydrogens is 430 g/mol. The molecule has 0 bridgehead atoms. The predicted octanol–water partition coefficient (Wildman–Crippen LogP) is 4.44. The first kappa shape index (κ1) is 18.5. The van der Waals surface area contributed by atoms with Crippen LogP contribution >= 0.6 is 0 Å². The minimum Gasteiger partial charge on any atom is -0.363 e. The molecule has 1 aliphatic carbocycles. The van der Waals surface area contributed by atoms with Crippen molar-refractivity contribution < 1.29 is 13.7 Å². The molecule has 1 amide bonds. The first-order valence-electron chi connectivity index (χ1n) is 12.7. The molecule has 0 aromatic carbocycles. The summed E-state index contributed by atoms with van der Waals surface area (Å²) in [6.45, 7) is 1.43. The second-order valence-electron chi connectivity index (χ2n) is 8.69. The minimum absolute atomic E-state index is 0.0307.